The van der Waals surface area contributed by atoms with Gasteiger partial charge in [0.25, 0.3) is 0 Å². The van der Waals surface area contributed by atoms with Crippen LogP contribution in [-0.2, 0) is 12.5 Å². The number of hydrogen-bond acceptors (Lipinski definition) is 4. The summed E-state index contributed by atoms with van der Waals surface area (Å²) in [6.07, 6.45) is 3.41. The molecule has 22 heavy (non-hydrogen) atoms. The van der Waals surface area contributed by atoms with Gasteiger partial charge in [-0.15, -0.1) is 0 Å². The molecule has 1 heterocycles. The summed E-state index contributed by atoms with van der Waals surface area (Å²) < 4.78 is 1.75. The van der Waals surface area contributed by atoms with Gasteiger partial charge in [0.15, 0.2) is 0 Å². The Hall–Kier alpha value is -2.37. The molecule has 3 rings (SSSR count). The smallest absolute Gasteiger partial charge is 0.363 e. The molecule has 0 bridgehead atoms. The first-order chi connectivity index (χ1) is 10.5. The summed E-state index contributed by atoms with van der Waals surface area (Å²) in [6, 6.07) is 10.4. The van der Waals surface area contributed by atoms with Gasteiger partial charge < -0.3 is 15.4 Å². The van der Waals surface area contributed by atoms with Gasteiger partial charge >= 0.3 is 5.82 Å². The third-order valence-electron chi connectivity index (χ3n) is 4.76. The number of imidazole rings is 1. The Bertz CT molecular complexity index is 690. The van der Waals surface area contributed by atoms with Crippen molar-refractivity contribution in [2.45, 2.75) is 31.6 Å². The van der Waals surface area contributed by atoms with Crippen molar-refractivity contribution in [2.24, 2.45) is 7.05 Å². The molecule has 1 N–H and O–H groups in total. The number of anilines is 1. The molecule has 0 aliphatic heterocycles. The second kappa shape index (κ2) is 5.44. The molecule has 0 atom stereocenters. The molecule has 6 nitrogen and oxygen atoms in total. The van der Waals surface area contributed by atoms with Crippen molar-refractivity contribution in [1.29, 1.82) is 0 Å². The molecular formula is C16H20N4O2. The molecule has 0 spiro atoms. The summed E-state index contributed by atoms with van der Waals surface area (Å²) in [7, 11) is 1.80. The van der Waals surface area contributed by atoms with Crippen molar-refractivity contribution < 1.29 is 4.92 Å². The summed E-state index contributed by atoms with van der Waals surface area (Å²) in [4.78, 5) is 14.8. The molecule has 0 radical (unpaired) electrons. The van der Waals surface area contributed by atoms with Crippen LogP contribution < -0.4 is 5.32 Å². The van der Waals surface area contributed by atoms with Gasteiger partial charge in [0.1, 0.15) is 0 Å². The number of nitrogens with zero attached hydrogens (tertiary/aromatic N) is 3. The summed E-state index contributed by atoms with van der Waals surface area (Å²) >= 11 is 0. The molecule has 2 aromatic rings. The van der Waals surface area contributed by atoms with Gasteiger partial charge in [-0.25, -0.2) is 0 Å². The maximum Gasteiger partial charge on any atom is 0.406 e. The molecule has 1 fully saturated rings. The van der Waals surface area contributed by atoms with E-state index in [-0.39, 0.29) is 11.2 Å². The highest BCUT2D eigenvalue weighted by Gasteiger charge is 2.39. The Kier molecular flexibility index (Phi) is 3.60. The van der Waals surface area contributed by atoms with Crippen LogP contribution in [-0.4, -0.2) is 21.0 Å². The molecule has 116 valence electrons. The zero-order valence-electron chi connectivity index (χ0n) is 12.9. The largest absolute Gasteiger partial charge is 0.406 e. The standard InChI is InChI=1S/C16H20N4O2/c1-12-18-15(20(21)22)14(19(12)2)17-11-16(9-6-10-16)13-7-4-3-5-8-13/h3-5,7-8,17H,6,9-11H2,1-2H3. The number of aryl methyl sites for hydroxylation is 1. The highest BCUT2D eigenvalue weighted by Crippen LogP contribution is 2.44. The molecule has 1 aliphatic carbocycles. The SMILES string of the molecule is Cc1nc([N+](=O)[O-])c(NCC2(c3ccccc3)CCC2)n1C. The molecular weight excluding hydrogens is 280 g/mol. The van der Waals surface area contributed by atoms with Gasteiger partial charge in [0.2, 0.25) is 11.6 Å². The lowest BCUT2D eigenvalue weighted by Crippen LogP contribution is -2.41. The zero-order valence-corrected chi connectivity index (χ0v) is 12.9. The first-order valence-electron chi connectivity index (χ1n) is 7.51. The van der Waals surface area contributed by atoms with Gasteiger partial charge in [-0.2, -0.15) is 0 Å². The van der Waals surface area contributed by atoms with E-state index in [0.717, 1.165) is 12.8 Å². The van der Waals surface area contributed by atoms with Crippen molar-refractivity contribution in [3.05, 3.63) is 51.8 Å². The van der Waals surface area contributed by atoms with Crippen LogP contribution in [0.4, 0.5) is 11.6 Å². The third kappa shape index (κ3) is 2.34. The number of hydrogen-bond donors (Lipinski definition) is 1. The van der Waals surface area contributed by atoms with Crippen molar-refractivity contribution in [3.63, 3.8) is 0 Å². The van der Waals surface area contributed by atoms with Crippen LogP contribution in [0.25, 0.3) is 0 Å². The average molecular weight is 300 g/mol. The van der Waals surface area contributed by atoms with Gasteiger partial charge in [0.05, 0.1) is 0 Å². The van der Waals surface area contributed by atoms with E-state index in [1.54, 1.807) is 18.5 Å². The van der Waals surface area contributed by atoms with E-state index < -0.39 is 4.92 Å². The first kappa shape index (κ1) is 14.6. The summed E-state index contributed by atoms with van der Waals surface area (Å²) in [5.41, 5.74) is 1.38. The van der Waals surface area contributed by atoms with E-state index in [2.05, 4.69) is 22.4 Å². The Balaban J connectivity index is 1.84. The highest BCUT2D eigenvalue weighted by atomic mass is 16.6. The fourth-order valence-corrected chi connectivity index (χ4v) is 3.13. The molecule has 0 unspecified atom stereocenters. The Morgan fingerprint density at radius 3 is 2.59 bits per heavy atom. The number of aromatic nitrogens is 2. The summed E-state index contributed by atoms with van der Waals surface area (Å²) in [5.74, 6) is 1.03. The summed E-state index contributed by atoms with van der Waals surface area (Å²) in [6.45, 7) is 2.46. The van der Waals surface area contributed by atoms with Crippen molar-refractivity contribution >= 4 is 11.6 Å². The minimum Gasteiger partial charge on any atom is -0.363 e. The summed E-state index contributed by atoms with van der Waals surface area (Å²) in [5, 5.41) is 14.4. The van der Waals surface area contributed by atoms with Crippen LogP contribution in [0.1, 0.15) is 30.7 Å². The van der Waals surface area contributed by atoms with E-state index in [9.17, 15) is 10.1 Å². The lowest BCUT2D eigenvalue weighted by Gasteiger charge is -2.42. The molecule has 6 heteroatoms. The van der Waals surface area contributed by atoms with Crippen LogP contribution in [0.3, 0.4) is 0 Å². The lowest BCUT2D eigenvalue weighted by atomic mass is 9.64. The van der Waals surface area contributed by atoms with Crippen LogP contribution >= 0.6 is 0 Å². The minimum atomic E-state index is -0.425. The molecule has 1 aromatic carbocycles. The fraction of sp³-hybridized carbons (Fsp3) is 0.438. The predicted molar refractivity (Wildman–Crippen MR) is 85.1 cm³/mol. The molecule has 1 saturated carbocycles. The van der Waals surface area contributed by atoms with Gasteiger partial charge in [-0.05, 0) is 28.3 Å². The van der Waals surface area contributed by atoms with E-state index in [4.69, 9.17) is 0 Å². The Labute approximate surface area is 129 Å². The molecule has 1 aliphatic rings. The van der Waals surface area contributed by atoms with Crippen LogP contribution in [0.2, 0.25) is 0 Å². The molecule has 0 amide bonds. The lowest BCUT2D eigenvalue weighted by molar-refractivity contribution is -0.388. The highest BCUT2D eigenvalue weighted by molar-refractivity contribution is 5.54. The van der Waals surface area contributed by atoms with E-state index in [1.807, 2.05) is 18.2 Å². The maximum absolute atomic E-state index is 11.2. The third-order valence-corrected chi connectivity index (χ3v) is 4.76. The van der Waals surface area contributed by atoms with Crippen LogP contribution in [0.15, 0.2) is 30.3 Å². The van der Waals surface area contributed by atoms with Gasteiger partial charge in [0, 0.05) is 25.9 Å². The second-order valence-corrected chi connectivity index (χ2v) is 6.00. The maximum atomic E-state index is 11.2. The number of nitro groups is 1. The van der Waals surface area contributed by atoms with Crippen LogP contribution in [0, 0.1) is 17.0 Å². The molecule has 1 aromatic heterocycles. The van der Waals surface area contributed by atoms with Crippen molar-refractivity contribution in [1.82, 2.24) is 9.55 Å². The van der Waals surface area contributed by atoms with E-state index >= 15 is 0 Å². The Morgan fingerprint density at radius 2 is 2.05 bits per heavy atom. The quantitative estimate of drug-likeness (QED) is 0.680. The minimum absolute atomic E-state index is 0.0767. The normalized spacial score (nSPS) is 16.1. The van der Waals surface area contributed by atoms with E-state index in [1.165, 1.54) is 12.0 Å². The van der Waals surface area contributed by atoms with Crippen LogP contribution in [0.5, 0.6) is 0 Å². The number of rotatable bonds is 5. The average Bonchev–Trinajstić information content (AvgIpc) is 2.75. The van der Waals surface area contributed by atoms with Crippen molar-refractivity contribution in [3.8, 4) is 0 Å². The fourth-order valence-electron chi connectivity index (χ4n) is 3.13. The zero-order chi connectivity index (χ0) is 15.7. The van der Waals surface area contributed by atoms with Gasteiger partial charge in [-0.1, -0.05) is 36.8 Å². The topological polar surface area (TPSA) is 73.0 Å². The first-order valence-corrected chi connectivity index (χ1v) is 7.51. The van der Waals surface area contributed by atoms with Gasteiger partial charge in [-0.3, -0.25) is 4.57 Å². The number of benzene rings is 1. The Morgan fingerprint density at radius 1 is 1.36 bits per heavy atom. The second-order valence-electron chi connectivity index (χ2n) is 6.00. The number of nitrogens with one attached hydrogen (secondary N) is 1. The molecule has 0 saturated heterocycles. The predicted octanol–water partition coefficient (Wildman–Crippen LogP) is 3.17. The van der Waals surface area contributed by atoms with Crippen molar-refractivity contribution in [2.75, 3.05) is 11.9 Å². The van der Waals surface area contributed by atoms with E-state index in [0.29, 0.717) is 18.2 Å². The monoisotopic (exact) mass is 300 g/mol.